The van der Waals surface area contributed by atoms with E-state index >= 15 is 0 Å². The van der Waals surface area contributed by atoms with Crippen LogP contribution in [0.5, 0.6) is 11.5 Å². The van der Waals surface area contributed by atoms with Crippen LogP contribution in [0, 0.1) is 0 Å². The van der Waals surface area contributed by atoms with Gasteiger partial charge in [0.1, 0.15) is 31.3 Å². The molecule has 0 N–H and O–H groups in total. The number of benzene rings is 2. The lowest BCUT2D eigenvalue weighted by Crippen LogP contribution is -2.44. The zero-order chi connectivity index (χ0) is 26.4. The molecular weight excluding hydrogens is 488 g/mol. The van der Waals surface area contributed by atoms with Gasteiger partial charge in [-0.1, -0.05) is 45.0 Å². The van der Waals surface area contributed by atoms with E-state index in [0.29, 0.717) is 37.0 Å². The summed E-state index contributed by atoms with van der Waals surface area (Å²) in [7, 11) is 0. The van der Waals surface area contributed by atoms with Crippen LogP contribution in [0.25, 0.3) is 6.08 Å². The van der Waals surface area contributed by atoms with Crippen molar-refractivity contribution >= 4 is 34.9 Å². The summed E-state index contributed by atoms with van der Waals surface area (Å²) in [6.45, 7) is 8.44. The smallest absolute Gasteiger partial charge is 0.294 e. The van der Waals surface area contributed by atoms with E-state index in [-0.39, 0.29) is 17.9 Å². The molecule has 2 saturated heterocycles. The fourth-order valence-electron chi connectivity index (χ4n) is 4.23. The first-order valence-corrected chi connectivity index (χ1v) is 13.5. The number of thioether (sulfide) groups is 1. The van der Waals surface area contributed by atoms with E-state index in [1.54, 1.807) is 11.0 Å². The summed E-state index contributed by atoms with van der Waals surface area (Å²) in [6.07, 6.45) is 4.69. The molecule has 0 aromatic heterocycles. The highest BCUT2D eigenvalue weighted by Crippen LogP contribution is 2.33. The van der Waals surface area contributed by atoms with Gasteiger partial charge in [0.25, 0.3) is 11.1 Å². The lowest BCUT2D eigenvalue weighted by atomic mass is 9.87. The highest BCUT2D eigenvalue weighted by molar-refractivity contribution is 8.18. The minimum Gasteiger partial charge on any atom is -0.490 e. The number of carbonyl (C=O) groups excluding carboxylic acids is 3. The van der Waals surface area contributed by atoms with Crippen LogP contribution < -0.4 is 9.47 Å². The van der Waals surface area contributed by atoms with Crippen molar-refractivity contribution in [2.75, 3.05) is 32.8 Å². The first kappa shape index (κ1) is 26.8. The van der Waals surface area contributed by atoms with Crippen LogP contribution in [-0.4, -0.2) is 59.7 Å². The van der Waals surface area contributed by atoms with Crippen LogP contribution in [0.3, 0.4) is 0 Å². The number of rotatable bonds is 8. The first-order valence-electron chi connectivity index (χ1n) is 12.7. The minimum atomic E-state index is -0.433. The topological polar surface area (TPSA) is 76.2 Å². The summed E-state index contributed by atoms with van der Waals surface area (Å²) in [4.78, 5) is 40.9. The van der Waals surface area contributed by atoms with E-state index in [1.165, 1.54) is 5.56 Å². The molecule has 7 nitrogen and oxygen atoms in total. The second kappa shape index (κ2) is 11.9. The Hall–Kier alpha value is -3.26. The van der Waals surface area contributed by atoms with Crippen LogP contribution in [-0.2, 0) is 15.0 Å². The van der Waals surface area contributed by atoms with Gasteiger partial charge in [-0.2, -0.15) is 0 Å². The van der Waals surface area contributed by atoms with Crippen LogP contribution in [0.2, 0.25) is 0 Å². The SMILES string of the molecule is CC(C)(C)c1ccc(OCCOc2cccc(/C=C3\SC(=O)N(CC(=O)N4CCCCC4)C3=O)c2)cc1. The Bertz CT molecular complexity index is 1160. The van der Waals surface area contributed by atoms with Gasteiger partial charge >= 0.3 is 0 Å². The first-order chi connectivity index (χ1) is 17.7. The number of likely N-dealkylation sites (tertiary alicyclic amines) is 1. The van der Waals surface area contributed by atoms with E-state index in [9.17, 15) is 14.4 Å². The van der Waals surface area contributed by atoms with Crippen LogP contribution >= 0.6 is 11.8 Å². The van der Waals surface area contributed by atoms with E-state index < -0.39 is 11.1 Å². The van der Waals surface area contributed by atoms with Gasteiger partial charge in [-0.25, -0.2) is 0 Å². The van der Waals surface area contributed by atoms with Gasteiger partial charge in [-0.15, -0.1) is 0 Å². The number of ether oxygens (including phenoxy) is 2. The molecule has 37 heavy (non-hydrogen) atoms. The zero-order valence-electron chi connectivity index (χ0n) is 21.7. The summed E-state index contributed by atoms with van der Waals surface area (Å²) in [5, 5.41) is -0.415. The number of imide groups is 1. The molecule has 0 saturated carbocycles. The Labute approximate surface area is 222 Å². The summed E-state index contributed by atoms with van der Waals surface area (Å²) in [6, 6.07) is 15.4. The molecule has 2 aromatic rings. The average molecular weight is 523 g/mol. The zero-order valence-corrected chi connectivity index (χ0v) is 22.5. The number of hydrogen-bond acceptors (Lipinski definition) is 6. The molecule has 0 radical (unpaired) electrons. The van der Waals surface area contributed by atoms with Crippen LogP contribution in [0.1, 0.15) is 51.2 Å². The van der Waals surface area contributed by atoms with Crippen LogP contribution in [0.15, 0.2) is 53.4 Å². The van der Waals surface area contributed by atoms with E-state index in [2.05, 4.69) is 32.9 Å². The second-order valence-corrected chi connectivity index (χ2v) is 11.2. The number of carbonyl (C=O) groups is 3. The summed E-state index contributed by atoms with van der Waals surface area (Å²) in [5.74, 6) is 0.823. The summed E-state index contributed by atoms with van der Waals surface area (Å²) < 4.78 is 11.6. The van der Waals surface area contributed by atoms with E-state index in [0.717, 1.165) is 47.2 Å². The Morgan fingerprint density at radius 3 is 2.30 bits per heavy atom. The second-order valence-electron chi connectivity index (χ2n) is 10.3. The third-order valence-electron chi connectivity index (χ3n) is 6.37. The van der Waals surface area contributed by atoms with Crippen molar-refractivity contribution in [3.63, 3.8) is 0 Å². The predicted molar refractivity (Wildman–Crippen MR) is 146 cm³/mol. The molecule has 0 unspecified atom stereocenters. The maximum Gasteiger partial charge on any atom is 0.294 e. The van der Waals surface area contributed by atoms with Crippen molar-refractivity contribution in [1.29, 1.82) is 0 Å². The summed E-state index contributed by atoms with van der Waals surface area (Å²) >= 11 is 0.860. The monoisotopic (exact) mass is 522 g/mol. The van der Waals surface area contributed by atoms with Gasteiger partial charge in [0.15, 0.2) is 0 Å². The predicted octanol–water partition coefficient (Wildman–Crippen LogP) is 5.49. The van der Waals surface area contributed by atoms with Gasteiger partial charge < -0.3 is 14.4 Å². The number of amides is 3. The van der Waals surface area contributed by atoms with Crippen LogP contribution in [0.4, 0.5) is 4.79 Å². The minimum absolute atomic E-state index is 0.0969. The Morgan fingerprint density at radius 1 is 0.946 bits per heavy atom. The number of piperidine rings is 1. The molecular formula is C29H34N2O5S. The molecule has 2 aliphatic heterocycles. The normalized spacial score (nSPS) is 17.4. The van der Waals surface area contributed by atoms with Crippen molar-refractivity contribution in [3.8, 4) is 11.5 Å². The fraction of sp³-hybridized carbons (Fsp3) is 0.414. The van der Waals surface area contributed by atoms with E-state index in [4.69, 9.17) is 9.47 Å². The van der Waals surface area contributed by atoms with Crippen molar-refractivity contribution in [2.24, 2.45) is 0 Å². The molecule has 0 bridgehead atoms. The molecule has 2 fully saturated rings. The largest absolute Gasteiger partial charge is 0.490 e. The van der Waals surface area contributed by atoms with Crippen molar-refractivity contribution in [2.45, 2.75) is 45.4 Å². The maximum atomic E-state index is 12.8. The van der Waals surface area contributed by atoms with Gasteiger partial charge in [0.05, 0.1) is 4.91 Å². The highest BCUT2D eigenvalue weighted by Gasteiger charge is 2.37. The fourth-order valence-corrected chi connectivity index (χ4v) is 5.07. The molecule has 8 heteroatoms. The lowest BCUT2D eigenvalue weighted by molar-refractivity contribution is -0.136. The molecule has 2 heterocycles. The molecule has 0 atom stereocenters. The standard InChI is InChI=1S/C29H34N2O5S/c1-29(2,3)22-10-12-23(13-11-22)35-16-17-36-24-9-7-8-21(18-24)19-25-27(33)31(28(34)37-25)20-26(32)30-14-5-4-6-15-30/h7-13,18-19H,4-6,14-17,20H2,1-3H3/b25-19-. The molecule has 2 aromatic carbocycles. The Morgan fingerprint density at radius 2 is 1.62 bits per heavy atom. The number of hydrogen-bond donors (Lipinski definition) is 0. The molecule has 196 valence electrons. The Balaban J connectivity index is 1.29. The Kier molecular flexibility index (Phi) is 8.59. The lowest BCUT2D eigenvalue weighted by Gasteiger charge is -2.27. The summed E-state index contributed by atoms with van der Waals surface area (Å²) in [5.41, 5.74) is 2.09. The van der Waals surface area contributed by atoms with E-state index in [1.807, 2.05) is 36.4 Å². The number of nitrogens with zero attached hydrogens (tertiary/aromatic N) is 2. The van der Waals surface area contributed by atoms with Gasteiger partial charge in [-0.3, -0.25) is 19.3 Å². The maximum absolute atomic E-state index is 12.8. The molecule has 0 aliphatic carbocycles. The van der Waals surface area contributed by atoms with Crippen molar-refractivity contribution in [1.82, 2.24) is 9.80 Å². The van der Waals surface area contributed by atoms with Gasteiger partial charge in [0.2, 0.25) is 5.91 Å². The van der Waals surface area contributed by atoms with Crippen molar-refractivity contribution < 1.29 is 23.9 Å². The third-order valence-corrected chi connectivity index (χ3v) is 7.28. The quantitative estimate of drug-likeness (QED) is 0.337. The molecule has 2 aliphatic rings. The third kappa shape index (κ3) is 7.16. The molecule has 4 rings (SSSR count). The molecule has 3 amide bonds. The van der Waals surface area contributed by atoms with Gasteiger partial charge in [0, 0.05) is 13.1 Å². The van der Waals surface area contributed by atoms with Gasteiger partial charge in [-0.05, 0) is 77.9 Å². The molecule has 0 spiro atoms. The average Bonchev–Trinajstić information content (AvgIpc) is 3.14. The highest BCUT2D eigenvalue weighted by atomic mass is 32.2. The van der Waals surface area contributed by atoms with Crippen molar-refractivity contribution in [3.05, 3.63) is 64.6 Å².